The van der Waals surface area contributed by atoms with Crippen LogP contribution in [0.5, 0.6) is 17.2 Å². The fraction of sp³-hybridized carbons (Fsp3) is 0.263. The van der Waals surface area contributed by atoms with Gasteiger partial charge in [-0.3, -0.25) is 14.9 Å². The van der Waals surface area contributed by atoms with Gasteiger partial charge < -0.3 is 24.3 Å². The molecule has 0 bridgehead atoms. The monoisotopic (exact) mass is 404 g/mol. The van der Waals surface area contributed by atoms with E-state index < -0.39 is 23.4 Å². The van der Waals surface area contributed by atoms with E-state index in [1.165, 1.54) is 51.7 Å². The average molecular weight is 404 g/mol. The molecule has 0 radical (unpaired) electrons. The van der Waals surface area contributed by atoms with Crippen LogP contribution in [0, 0.1) is 17.0 Å². The van der Waals surface area contributed by atoms with Gasteiger partial charge in [-0.2, -0.15) is 0 Å². The first-order chi connectivity index (χ1) is 13.8. The molecule has 1 N–H and O–H groups in total. The zero-order valence-electron chi connectivity index (χ0n) is 16.3. The minimum Gasteiger partial charge on any atom is -0.493 e. The average Bonchev–Trinajstić information content (AvgIpc) is 2.71. The number of rotatable bonds is 8. The van der Waals surface area contributed by atoms with Crippen molar-refractivity contribution in [3.8, 4) is 17.2 Å². The van der Waals surface area contributed by atoms with E-state index in [2.05, 4.69) is 5.32 Å². The van der Waals surface area contributed by atoms with E-state index in [4.69, 9.17) is 18.9 Å². The predicted molar refractivity (Wildman–Crippen MR) is 103 cm³/mol. The number of non-ortho nitro benzene ring substituents is 1. The second kappa shape index (κ2) is 9.40. The van der Waals surface area contributed by atoms with Crippen molar-refractivity contribution in [3.05, 3.63) is 51.6 Å². The Kier molecular flexibility index (Phi) is 6.96. The second-order valence-corrected chi connectivity index (χ2v) is 5.79. The highest BCUT2D eigenvalue weighted by atomic mass is 16.6. The number of nitro groups is 1. The van der Waals surface area contributed by atoms with Gasteiger partial charge in [0.1, 0.15) is 0 Å². The molecule has 1 amide bonds. The van der Waals surface area contributed by atoms with Crippen LogP contribution in [0.25, 0.3) is 0 Å². The number of carbonyl (C=O) groups excluding carboxylic acids is 2. The summed E-state index contributed by atoms with van der Waals surface area (Å²) in [4.78, 5) is 34.6. The van der Waals surface area contributed by atoms with E-state index in [1.54, 1.807) is 6.92 Å². The SMILES string of the molecule is COc1cc(C(=O)OCC(=O)Nc2ccc([N+](=O)[O-])cc2C)cc(OC)c1OC. The first kappa shape index (κ1) is 21.5. The number of nitro benzene ring substituents is 1. The van der Waals surface area contributed by atoms with Crippen LogP contribution in [0.4, 0.5) is 11.4 Å². The number of methoxy groups -OCH3 is 3. The van der Waals surface area contributed by atoms with E-state index in [9.17, 15) is 19.7 Å². The van der Waals surface area contributed by atoms with Crippen molar-refractivity contribution in [3.63, 3.8) is 0 Å². The lowest BCUT2D eigenvalue weighted by molar-refractivity contribution is -0.384. The van der Waals surface area contributed by atoms with Crippen LogP contribution < -0.4 is 19.5 Å². The Labute approximate surface area is 166 Å². The number of esters is 1. The summed E-state index contributed by atoms with van der Waals surface area (Å²) in [6.07, 6.45) is 0. The Morgan fingerprint density at radius 1 is 1.03 bits per heavy atom. The van der Waals surface area contributed by atoms with Gasteiger partial charge in [0.25, 0.3) is 11.6 Å². The summed E-state index contributed by atoms with van der Waals surface area (Å²) in [5.74, 6) is -0.505. The van der Waals surface area contributed by atoms with Crippen molar-refractivity contribution in [2.75, 3.05) is 33.3 Å². The molecule has 0 spiro atoms. The fourth-order valence-corrected chi connectivity index (χ4v) is 2.50. The number of hydrogen-bond acceptors (Lipinski definition) is 8. The van der Waals surface area contributed by atoms with Crippen LogP contribution in [-0.2, 0) is 9.53 Å². The minimum atomic E-state index is -0.764. The maximum Gasteiger partial charge on any atom is 0.338 e. The van der Waals surface area contributed by atoms with Crippen molar-refractivity contribution in [2.24, 2.45) is 0 Å². The molecule has 2 aromatic carbocycles. The Bertz CT molecular complexity index is 917. The highest BCUT2D eigenvalue weighted by Crippen LogP contribution is 2.38. The maximum absolute atomic E-state index is 12.3. The molecule has 0 saturated heterocycles. The van der Waals surface area contributed by atoms with Crippen LogP contribution in [-0.4, -0.2) is 44.7 Å². The minimum absolute atomic E-state index is 0.0886. The lowest BCUT2D eigenvalue weighted by atomic mass is 10.2. The Morgan fingerprint density at radius 2 is 1.66 bits per heavy atom. The van der Waals surface area contributed by atoms with Crippen LogP contribution in [0.2, 0.25) is 0 Å². The fourth-order valence-electron chi connectivity index (χ4n) is 2.50. The van der Waals surface area contributed by atoms with E-state index in [-0.39, 0.29) is 22.7 Å². The van der Waals surface area contributed by atoms with Gasteiger partial charge in [-0.15, -0.1) is 0 Å². The van der Waals surface area contributed by atoms with Gasteiger partial charge in [-0.1, -0.05) is 0 Å². The van der Waals surface area contributed by atoms with Crippen LogP contribution >= 0.6 is 0 Å². The first-order valence-electron chi connectivity index (χ1n) is 8.32. The largest absolute Gasteiger partial charge is 0.493 e. The van der Waals surface area contributed by atoms with Crippen LogP contribution in [0.1, 0.15) is 15.9 Å². The lowest BCUT2D eigenvalue weighted by Crippen LogP contribution is -2.21. The highest BCUT2D eigenvalue weighted by molar-refractivity contribution is 5.96. The van der Waals surface area contributed by atoms with Gasteiger partial charge >= 0.3 is 5.97 Å². The molecule has 0 heterocycles. The van der Waals surface area contributed by atoms with Crippen LogP contribution in [0.3, 0.4) is 0 Å². The summed E-state index contributed by atoms with van der Waals surface area (Å²) in [6.45, 7) is 1.07. The van der Waals surface area contributed by atoms with Gasteiger partial charge in [0, 0.05) is 17.8 Å². The van der Waals surface area contributed by atoms with Gasteiger partial charge in [0.05, 0.1) is 31.8 Å². The highest BCUT2D eigenvalue weighted by Gasteiger charge is 2.19. The summed E-state index contributed by atoms with van der Waals surface area (Å²) < 4.78 is 20.6. The number of nitrogens with one attached hydrogen (secondary N) is 1. The summed E-state index contributed by atoms with van der Waals surface area (Å²) in [7, 11) is 4.25. The molecule has 154 valence electrons. The lowest BCUT2D eigenvalue weighted by Gasteiger charge is -2.14. The van der Waals surface area contributed by atoms with E-state index in [0.717, 1.165) is 0 Å². The Hall–Kier alpha value is -3.82. The molecule has 0 fully saturated rings. The van der Waals surface area contributed by atoms with Gasteiger partial charge in [0.2, 0.25) is 5.75 Å². The van der Waals surface area contributed by atoms with Crippen molar-refractivity contribution in [1.82, 2.24) is 0 Å². The normalized spacial score (nSPS) is 10.1. The number of benzene rings is 2. The molecule has 0 aliphatic heterocycles. The molecule has 0 atom stereocenters. The Morgan fingerprint density at radius 3 is 2.14 bits per heavy atom. The second-order valence-electron chi connectivity index (χ2n) is 5.79. The number of ether oxygens (including phenoxy) is 4. The summed E-state index contributed by atoms with van der Waals surface area (Å²) >= 11 is 0. The number of anilines is 1. The van der Waals surface area contributed by atoms with Crippen LogP contribution in [0.15, 0.2) is 30.3 Å². The standard InChI is InChI=1S/C19H20N2O8/c1-11-7-13(21(24)25)5-6-14(11)20-17(22)10-29-19(23)12-8-15(26-2)18(28-4)16(9-12)27-3/h5-9H,10H2,1-4H3,(H,20,22). The van der Waals surface area contributed by atoms with Gasteiger partial charge in [0.15, 0.2) is 18.1 Å². The van der Waals surface area contributed by atoms with Crippen molar-refractivity contribution in [2.45, 2.75) is 6.92 Å². The summed E-state index contributed by atoms with van der Waals surface area (Å²) in [5.41, 5.74) is 0.904. The number of nitrogens with zero attached hydrogens (tertiary/aromatic N) is 1. The van der Waals surface area contributed by atoms with Gasteiger partial charge in [-0.25, -0.2) is 4.79 Å². The van der Waals surface area contributed by atoms with Crippen molar-refractivity contribution >= 4 is 23.3 Å². The molecule has 29 heavy (non-hydrogen) atoms. The first-order valence-corrected chi connectivity index (χ1v) is 8.32. The third-order valence-corrected chi connectivity index (χ3v) is 3.93. The van der Waals surface area contributed by atoms with Crippen molar-refractivity contribution in [1.29, 1.82) is 0 Å². The number of amides is 1. The smallest absolute Gasteiger partial charge is 0.338 e. The number of aryl methyl sites for hydroxylation is 1. The molecule has 10 nitrogen and oxygen atoms in total. The molecule has 2 rings (SSSR count). The molecule has 0 aliphatic carbocycles. The van der Waals surface area contributed by atoms with E-state index >= 15 is 0 Å². The topological polar surface area (TPSA) is 126 Å². The quantitative estimate of drug-likeness (QED) is 0.404. The molecule has 0 unspecified atom stereocenters. The van der Waals surface area contributed by atoms with E-state index in [1.807, 2.05) is 0 Å². The number of hydrogen-bond donors (Lipinski definition) is 1. The zero-order valence-corrected chi connectivity index (χ0v) is 16.3. The van der Waals surface area contributed by atoms with Gasteiger partial charge in [-0.05, 0) is 30.7 Å². The predicted octanol–water partition coefficient (Wildman–Crippen LogP) is 2.72. The summed E-state index contributed by atoms with van der Waals surface area (Å²) in [6, 6.07) is 6.82. The molecule has 0 aromatic heterocycles. The molecule has 2 aromatic rings. The maximum atomic E-state index is 12.3. The molecule has 0 saturated carbocycles. The van der Waals surface area contributed by atoms with E-state index in [0.29, 0.717) is 17.0 Å². The zero-order chi connectivity index (χ0) is 21.6. The molecule has 0 aliphatic rings. The molecule has 10 heteroatoms. The molecular weight excluding hydrogens is 384 g/mol. The molecular formula is C19H20N2O8. The third kappa shape index (κ3) is 5.12. The summed E-state index contributed by atoms with van der Waals surface area (Å²) in [5, 5.41) is 13.3. The third-order valence-electron chi connectivity index (χ3n) is 3.93. The Balaban J connectivity index is 2.05. The number of carbonyl (C=O) groups is 2. The van der Waals surface area contributed by atoms with Crippen molar-refractivity contribution < 1.29 is 33.5 Å².